The van der Waals surface area contributed by atoms with Gasteiger partial charge in [-0.3, -0.25) is 10.1 Å². The van der Waals surface area contributed by atoms with Gasteiger partial charge in [-0.2, -0.15) is 0 Å². The lowest BCUT2D eigenvalue weighted by Gasteiger charge is -2.16. The van der Waals surface area contributed by atoms with Crippen molar-refractivity contribution in [2.75, 3.05) is 11.9 Å². The van der Waals surface area contributed by atoms with Crippen molar-refractivity contribution >= 4 is 27.3 Å². The van der Waals surface area contributed by atoms with Crippen LogP contribution in [0.2, 0.25) is 0 Å². The number of nitrogens with zero attached hydrogens (tertiary/aromatic N) is 4. The standard InChI is InChI=1S/C11H12BrN5O3/c1-16-6-13-15-11(16)9(5-18)14-8-3-2-7(12)4-10(8)17(19)20/h2-4,6,9,14,18H,5H2,1H3/t9-/m0/s1. The lowest BCUT2D eigenvalue weighted by molar-refractivity contribution is -0.384. The van der Waals surface area contributed by atoms with E-state index in [1.54, 1.807) is 23.7 Å². The molecule has 1 atom stereocenters. The molecular weight excluding hydrogens is 330 g/mol. The summed E-state index contributed by atoms with van der Waals surface area (Å²) in [6.07, 6.45) is 1.50. The fourth-order valence-corrected chi connectivity index (χ4v) is 2.11. The summed E-state index contributed by atoms with van der Waals surface area (Å²) in [5.41, 5.74) is 0.222. The molecule has 0 bridgehead atoms. The zero-order valence-electron chi connectivity index (χ0n) is 10.5. The van der Waals surface area contributed by atoms with Gasteiger partial charge in [0.1, 0.15) is 18.1 Å². The zero-order valence-corrected chi connectivity index (χ0v) is 12.1. The summed E-state index contributed by atoms with van der Waals surface area (Å²) in [5, 5.41) is 31.0. The summed E-state index contributed by atoms with van der Waals surface area (Å²) < 4.78 is 2.24. The first kappa shape index (κ1) is 14.4. The molecule has 2 N–H and O–H groups in total. The molecule has 0 fully saturated rings. The molecule has 1 aromatic heterocycles. The summed E-state index contributed by atoms with van der Waals surface area (Å²) >= 11 is 3.19. The van der Waals surface area contributed by atoms with Crippen LogP contribution in [0.5, 0.6) is 0 Å². The van der Waals surface area contributed by atoms with Gasteiger partial charge < -0.3 is 15.0 Å². The average molecular weight is 342 g/mol. The van der Waals surface area contributed by atoms with Gasteiger partial charge in [-0.05, 0) is 12.1 Å². The number of aromatic nitrogens is 3. The minimum atomic E-state index is -0.581. The van der Waals surface area contributed by atoms with Crippen molar-refractivity contribution in [2.24, 2.45) is 7.05 Å². The van der Waals surface area contributed by atoms with Gasteiger partial charge in [0.15, 0.2) is 5.82 Å². The number of aliphatic hydroxyl groups excluding tert-OH is 1. The quantitative estimate of drug-likeness (QED) is 0.632. The summed E-state index contributed by atoms with van der Waals surface area (Å²) in [6.45, 7) is -0.264. The van der Waals surface area contributed by atoms with Crippen molar-refractivity contribution < 1.29 is 10.0 Å². The van der Waals surface area contributed by atoms with Gasteiger partial charge in [0.2, 0.25) is 0 Å². The van der Waals surface area contributed by atoms with Gasteiger partial charge in [0.05, 0.1) is 11.5 Å². The van der Waals surface area contributed by atoms with Crippen LogP contribution in [0.1, 0.15) is 11.9 Å². The van der Waals surface area contributed by atoms with E-state index >= 15 is 0 Å². The minimum Gasteiger partial charge on any atom is -0.394 e. The number of halogens is 1. The maximum absolute atomic E-state index is 11.0. The average Bonchev–Trinajstić information content (AvgIpc) is 2.83. The number of hydrogen-bond donors (Lipinski definition) is 2. The summed E-state index contributed by atoms with van der Waals surface area (Å²) in [6, 6.07) is 4.07. The number of rotatable bonds is 5. The zero-order chi connectivity index (χ0) is 14.7. The van der Waals surface area contributed by atoms with Crippen LogP contribution in [0.25, 0.3) is 0 Å². The Morgan fingerprint density at radius 3 is 2.90 bits per heavy atom. The van der Waals surface area contributed by atoms with Crippen molar-refractivity contribution in [1.82, 2.24) is 14.8 Å². The van der Waals surface area contributed by atoms with E-state index in [1.807, 2.05) is 0 Å². The largest absolute Gasteiger partial charge is 0.394 e. The summed E-state index contributed by atoms with van der Waals surface area (Å²) in [7, 11) is 1.73. The first-order valence-electron chi connectivity index (χ1n) is 5.68. The SMILES string of the molecule is Cn1cnnc1[C@H](CO)Nc1ccc(Br)cc1[N+](=O)[O-]. The van der Waals surface area contributed by atoms with Crippen LogP contribution >= 0.6 is 15.9 Å². The third-order valence-electron chi connectivity index (χ3n) is 2.73. The van der Waals surface area contributed by atoms with E-state index < -0.39 is 11.0 Å². The minimum absolute atomic E-state index is 0.0833. The van der Waals surface area contributed by atoms with E-state index in [2.05, 4.69) is 31.4 Å². The second-order valence-corrected chi connectivity index (χ2v) is 5.01. The molecule has 0 amide bonds. The van der Waals surface area contributed by atoms with Crippen molar-refractivity contribution in [3.8, 4) is 0 Å². The lowest BCUT2D eigenvalue weighted by atomic mass is 10.2. The normalized spacial score (nSPS) is 12.2. The fraction of sp³-hybridized carbons (Fsp3) is 0.273. The van der Waals surface area contributed by atoms with Gasteiger partial charge in [-0.25, -0.2) is 0 Å². The first-order chi connectivity index (χ1) is 9.52. The molecule has 0 aliphatic carbocycles. The van der Waals surface area contributed by atoms with Crippen LogP contribution in [0.4, 0.5) is 11.4 Å². The Balaban J connectivity index is 2.33. The summed E-state index contributed by atoms with van der Waals surface area (Å²) in [5.74, 6) is 0.490. The Labute approximate surface area is 122 Å². The van der Waals surface area contributed by atoms with Gasteiger partial charge in [0, 0.05) is 17.6 Å². The third kappa shape index (κ3) is 2.94. The van der Waals surface area contributed by atoms with Crippen LogP contribution in [0.15, 0.2) is 29.0 Å². The maximum Gasteiger partial charge on any atom is 0.293 e. The highest BCUT2D eigenvalue weighted by Crippen LogP contribution is 2.30. The van der Waals surface area contributed by atoms with Crippen LogP contribution < -0.4 is 5.32 Å². The number of aryl methyl sites for hydroxylation is 1. The molecule has 0 unspecified atom stereocenters. The molecule has 1 heterocycles. The molecule has 0 saturated carbocycles. The van der Waals surface area contributed by atoms with E-state index in [0.29, 0.717) is 16.0 Å². The second-order valence-electron chi connectivity index (χ2n) is 4.10. The van der Waals surface area contributed by atoms with Gasteiger partial charge in [-0.1, -0.05) is 15.9 Å². The predicted octanol–water partition coefficient (Wildman–Crippen LogP) is 1.63. The second kappa shape index (κ2) is 5.97. The number of nitro benzene ring substituents is 1. The monoisotopic (exact) mass is 341 g/mol. The molecule has 2 rings (SSSR count). The Morgan fingerprint density at radius 1 is 1.60 bits per heavy atom. The van der Waals surface area contributed by atoms with Crippen molar-refractivity contribution in [1.29, 1.82) is 0 Å². The van der Waals surface area contributed by atoms with E-state index in [9.17, 15) is 15.2 Å². The molecule has 9 heteroatoms. The predicted molar refractivity (Wildman–Crippen MR) is 75.2 cm³/mol. The lowest BCUT2D eigenvalue weighted by Crippen LogP contribution is -2.19. The van der Waals surface area contributed by atoms with Crippen LogP contribution in [0, 0.1) is 10.1 Å². The fourth-order valence-electron chi connectivity index (χ4n) is 1.77. The van der Waals surface area contributed by atoms with E-state index in [-0.39, 0.29) is 12.3 Å². The van der Waals surface area contributed by atoms with Crippen LogP contribution in [-0.2, 0) is 7.05 Å². The third-order valence-corrected chi connectivity index (χ3v) is 3.22. The van der Waals surface area contributed by atoms with Gasteiger partial charge in [0.25, 0.3) is 5.69 Å². The smallest absolute Gasteiger partial charge is 0.293 e. The van der Waals surface area contributed by atoms with Crippen molar-refractivity contribution in [3.05, 3.63) is 44.9 Å². The molecule has 0 saturated heterocycles. The number of benzene rings is 1. The van der Waals surface area contributed by atoms with Crippen molar-refractivity contribution in [3.63, 3.8) is 0 Å². The number of anilines is 1. The molecule has 2 aromatic rings. The molecule has 106 valence electrons. The molecule has 0 radical (unpaired) electrons. The molecule has 1 aromatic carbocycles. The van der Waals surface area contributed by atoms with E-state index in [4.69, 9.17) is 0 Å². The van der Waals surface area contributed by atoms with E-state index in [1.165, 1.54) is 12.4 Å². The summed E-state index contributed by atoms with van der Waals surface area (Å²) in [4.78, 5) is 10.6. The molecule has 0 spiro atoms. The van der Waals surface area contributed by atoms with Crippen molar-refractivity contribution in [2.45, 2.75) is 6.04 Å². The number of aliphatic hydroxyl groups is 1. The highest BCUT2D eigenvalue weighted by Gasteiger charge is 2.21. The molecule has 20 heavy (non-hydrogen) atoms. The van der Waals surface area contributed by atoms with Crippen LogP contribution in [0.3, 0.4) is 0 Å². The first-order valence-corrected chi connectivity index (χ1v) is 6.47. The topological polar surface area (TPSA) is 106 Å². The Kier molecular flexibility index (Phi) is 4.30. The number of nitro groups is 1. The highest BCUT2D eigenvalue weighted by molar-refractivity contribution is 9.10. The molecule has 0 aliphatic rings. The Bertz CT molecular complexity index is 630. The maximum atomic E-state index is 11.0. The molecule has 8 nitrogen and oxygen atoms in total. The Hall–Kier alpha value is -2.00. The number of hydrogen-bond acceptors (Lipinski definition) is 6. The highest BCUT2D eigenvalue weighted by atomic mass is 79.9. The van der Waals surface area contributed by atoms with Gasteiger partial charge >= 0.3 is 0 Å². The van der Waals surface area contributed by atoms with E-state index in [0.717, 1.165) is 0 Å². The molecular formula is C11H12BrN5O3. The van der Waals surface area contributed by atoms with Gasteiger partial charge in [-0.15, -0.1) is 10.2 Å². The molecule has 0 aliphatic heterocycles. The number of nitrogens with one attached hydrogen (secondary N) is 1. The van der Waals surface area contributed by atoms with Crippen LogP contribution in [-0.4, -0.2) is 31.4 Å². The Morgan fingerprint density at radius 2 is 2.35 bits per heavy atom.